The molecule has 0 heterocycles. The average molecular weight is 223 g/mol. The molecule has 0 aromatic heterocycles. The molecule has 0 saturated carbocycles. The molecule has 0 aliphatic rings. The van der Waals surface area contributed by atoms with Gasteiger partial charge >= 0.3 is 0 Å². The van der Waals surface area contributed by atoms with Crippen molar-refractivity contribution in [2.75, 3.05) is 13.2 Å². The van der Waals surface area contributed by atoms with Crippen molar-refractivity contribution in [1.29, 1.82) is 0 Å². The summed E-state index contributed by atoms with van der Waals surface area (Å²) >= 11 is 0. The zero-order chi connectivity index (χ0) is 12.0. The van der Waals surface area contributed by atoms with Crippen LogP contribution in [0.25, 0.3) is 0 Å². The first-order chi connectivity index (χ1) is 7.65. The molecule has 16 heavy (non-hydrogen) atoms. The minimum Gasteiger partial charge on any atom is -0.493 e. The summed E-state index contributed by atoms with van der Waals surface area (Å²) in [6, 6.07) is 7.50. The zero-order valence-electron chi connectivity index (χ0n) is 10.0. The van der Waals surface area contributed by atoms with Gasteiger partial charge in [0.1, 0.15) is 5.75 Å². The molecule has 0 fully saturated rings. The second-order valence-corrected chi connectivity index (χ2v) is 4.32. The fraction of sp³-hybridized carbons (Fsp3) is 0.538. The normalized spacial score (nSPS) is 12.8. The van der Waals surface area contributed by atoms with E-state index >= 15 is 0 Å². The van der Waals surface area contributed by atoms with E-state index in [1.165, 1.54) is 0 Å². The number of para-hydroxylation sites is 1. The third kappa shape index (κ3) is 3.83. The number of rotatable bonds is 6. The Bertz CT molecular complexity index is 313. The Hall–Kier alpha value is -1.06. The Morgan fingerprint density at radius 1 is 1.31 bits per heavy atom. The molecule has 1 rings (SSSR count). The van der Waals surface area contributed by atoms with E-state index in [2.05, 4.69) is 13.8 Å². The van der Waals surface area contributed by atoms with Crippen LogP contribution in [0.4, 0.5) is 0 Å². The van der Waals surface area contributed by atoms with Crippen LogP contribution < -0.4 is 10.5 Å². The molecule has 0 spiro atoms. The average Bonchev–Trinajstić information content (AvgIpc) is 2.28. The molecule has 1 aromatic carbocycles. The Balaban J connectivity index is 2.64. The standard InChI is InChI=1S/C13H21NO2/c1-10(2)7-8-16-13-6-4-3-5-11(13)12(15)9-14/h3-6,10,12,15H,7-9,14H2,1-2H3. The van der Waals surface area contributed by atoms with Crippen molar-refractivity contribution in [3.8, 4) is 5.75 Å². The largest absolute Gasteiger partial charge is 0.493 e. The number of aliphatic hydroxyl groups excluding tert-OH is 1. The van der Waals surface area contributed by atoms with Crippen LogP contribution in [0.5, 0.6) is 5.75 Å². The van der Waals surface area contributed by atoms with E-state index in [4.69, 9.17) is 10.5 Å². The maximum Gasteiger partial charge on any atom is 0.125 e. The summed E-state index contributed by atoms with van der Waals surface area (Å²) in [5.74, 6) is 1.35. The molecule has 3 N–H and O–H groups in total. The van der Waals surface area contributed by atoms with Gasteiger partial charge in [0.25, 0.3) is 0 Å². The third-order valence-corrected chi connectivity index (χ3v) is 2.45. The summed E-state index contributed by atoms with van der Waals surface area (Å²) in [6.45, 7) is 5.20. The number of benzene rings is 1. The molecule has 0 saturated heterocycles. The van der Waals surface area contributed by atoms with Gasteiger partial charge in [0.15, 0.2) is 0 Å². The van der Waals surface area contributed by atoms with Crippen LogP contribution in [-0.4, -0.2) is 18.3 Å². The first-order valence-corrected chi connectivity index (χ1v) is 5.75. The van der Waals surface area contributed by atoms with Crippen molar-refractivity contribution in [3.63, 3.8) is 0 Å². The van der Waals surface area contributed by atoms with Crippen molar-refractivity contribution >= 4 is 0 Å². The highest BCUT2D eigenvalue weighted by Crippen LogP contribution is 2.24. The summed E-state index contributed by atoms with van der Waals surface area (Å²) in [6.07, 6.45) is 0.364. The summed E-state index contributed by atoms with van der Waals surface area (Å²) in [5.41, 5.74) is 6.22. The van der Waals surface area contributed by atoms with Crippen molar-refractivity contribution in [2.24, 2.45) is 11.7 Å². The molecule has 90 valence electrons. The van der Waals surface area contributed by atoms with Crippen LogP contribution in [0.3, 0.4) is 0 Å². The predicted octanol–water partition coefficient (Wildman–Crippen LogP) is 2.10. The van der Waals surface area contributed by atoms with Gasteiger partial charge in [0, 0.05) is 12.1 Å². The summed E-state index contributed by atoms with van der Waals surface area (Å²) in [4.78, 5) is 0. The highest BCUT2D eigenvalue weighted by atomic mass is 16.5. The Morgan fingerprint density at radius 3 is 2.62 bits per heavy atom. The van der Waals surface area contributed by atoms with Crippen LogP contribution >= 0.6 is 0 Å². The van der Waals surface area contributed by atoms with Crippen molar-refractivity contribution in [1.82, 2.24) is 0 Å². The van der Waals surface area contributed by atoms with E-state index in [-0.39, 0.29) is 6.54 Å². The van der Waals surface area contributed by atoms with Crippen LogP contribution in [0.1, 0.15) is 31.9 Å². The fourth-order valence-electron chi connectivity index (χ4n) is 1.42. The molecule has 0 radical (unpaired) electrons. The number of nitrogens with two attached hydrogens (primary N) is 1. The van der Waals surface area contributed by atoms with Gasteiger partial charge in [-0.2, -0.15) is 0 Å². The molecule has 1 aromatic rings. The molecule has 3 nitrogen and oxygen atoms in total. The lowest BCUT2D eigenvalue weighted by atomic mass is 10.1. The van der Waals surface area contributed by atoms with Crippen LogP contribution in [-0.2, 0) is 0 Å². The minimum absolute atomic E-state index is 0.213. The topological polar surface area (TPSA) is 55.5 Å². The molecule has 0 aliphatic carbocycles. The first-order valence-electron chi connectivity index (χ1n) is 5.75. The van der Waals surface area contributed by atoms with Gasteiger partial charge < -0.3 is 15.6 Å². The summed E-state index contributed by atoms with van der Waals surface area (Å²) < 4.78 is 5.66. The predicted molar refractivity (Wildman–Crippen MR) is 65.4 cm³/mol. The van der Waals surface area contributed by atoms with Crippen molar-refractivity contribution in [3.05, 3.63) is 29.8 Å². The molecule has 3 heteroatoms. The molecular weight excluding hydrogens is 202 g/mol. The lowest BCUT2D eigenvalue weighted by Gasteiger charge is -2.15. The fourth-order valence-corrected chi connectivity index (χ4v) is 1.42. The second-order valence-electron chi connectivity index (χ2n) is 4.32. The van der Waals surface area contributed by atoms with Crippen molar-refractivity contribution < 1.29 is 9.84 Å². The Kier molecular flexibility index (Phi) is 5.29. The second kappa shape index (κ2) is 6.51. The molecular formula is C13H21NO2. The van der Waals surface area contributed by atoms with Gasteiger partial charge in [-0.25, -0.2) is 0 Å². The number of aliphatic hydroxyl groups is 1. The van der Waals surface area contributed by atoms with Gasteiger partial charge in [-0.05, 0) is 18.4 Å². The number of ether oxygens (including phenoxy) is 1. The SMILES string of the molecule is CC(C)CCOc1ccccc1C(O)CN. The van der Waals surface area contributed by atoms with E-state index in [9.17, 15) is 5.11 Å². The number of hydrogen-bond acceptors (Lipinski definition) is 3. The summed E-state index contributed by atoms with van der Waals surface area (Å²) in [7, 11) is 0. The van der Waals surface area contributed by atoms with Gasteiger partial charge in [-0.15, -0.1) is 0 Å². The van der Waals surface area contributed by atoms with E-state index in [1.807, 2.05) is 24.3 Å². The molecule has 0 bridgehead atoms. The maximum absolute atomic E-state index is 9.71. The van der Waals surface area contributed by atoms with E-state index in [0.29, 0.717) is 12.5 Å². The highest BCUT2D eigenvalue weighted by Gasteiger charge is 2.11. The minimum atomic E-state index is -0.643. The smallest absolute Gasteiger partial charge is 0.125 e. The van der Waals surface area contributed by atoms with Gasteiger partial charge in [0.05, 0.1) is 12.7 Å². The summed E-state index contributed by atoms with van der Waals surface area (Å²) in [5, 5.41) is 9.71. The van der Waals surface area contributed by atoms with Crippen LogP contribution in [0.2, 0.25) is 0 Å². The zero-order valence-corrected chi connectivity index (χ0v) is 10.0. The molecule has 0 aliphatic heterocycles. The van der Waals surface area contributed by atoms with E-state index < -0.39 is 6.10 Å². The van der Waals surface area contributed by atoms with Crippen LogP contribution in [0.15, 0.2) is 24.3 Å². The van der Waals surface area contributed by atoms with Gasteiger partial charge in [-0.1, -0.05) is 32.0 Å². The van der Waals surface area contributed by atoms with E-state index in [0.717, 1.165) is 17.7 Å². The van der Waals surface area contributed by atoms with Crippen molar-refractivity contribution in [2.45, 2.75) is 26.4 Å². The lowest BCUT2D eigenvalue weighted by Crippen LogP contribution is -2.13. The van der Waals surface area contributed by atoms with Gasteiger partial charge in [0.2, 0.25) is 0 Å². The number of hydrogen-bond donors (Lipinski definition) is 2. The van der Waals surface area contributed by atoms with Gasteiger partial charge in [-0.3, -0.25) is 0 Å². The quantitative estimate of drug-likeness (QED) is 0.776. The van der Waals surface area contributed by atoms with E-state index in [1.54, 1.807) is 0 Å². The van der Waals surface area contributed by atoms with Crippen LogP contribution in [0, 0.1) is 5.92 Å². The molecule has 1 unspecified atom stereocenters. The maximum atomic E-state index is 9.71. The monoisotopic (exact) mass is 223 g/mol. The third-order valence-electron chi connectivity index (χ3n) is 2.45. The Labute approximate surface area is 97.2 Å². The first kappa shape index (κ1) is 13.0. The molecule has 1 atom stereocenters. The highest BCUT2D eigenvalue weighted by molar-refractivity contribution is 5.35. The Morgan fingerprint density at radius 2 is 2.00 bits per heavy atom. The lowest BCUT2D eigenvalue weighted by molar-refractivity contribution is 0.178. The molecule has 0 amide bonds.